The standard InChI is InChI=1S/C13H19N5O/c1-10(2)12(7-19-3)17-11-4-5-13(15-6-11)18-9-14-8-16-18/h4-6,8-10,12,17H,7H2,1-3H3. The third-order valence-electron chi connectivity index (χ3n) is 2.90. The highest BCUT2D eigenvalue weighted by molar-refractivity contribution is 5.44. The molecule has 1 atom stereocenters. The molecule has 2 heterocycles. The lowest BCUT2D eigenvalue weighted by Gasteiger charge is -2.22. The summed E-state index contributed by atoms with van der Waals surface area (Å²) in [5, 5.41) is 7.46. The smallest absolute Gasteiger partial charge is 0.155 e. The molecular formula is C13H19N5O. The highest BCUT2D eigenvalue weighted by atomic mass is 16.5. The van der Waals surface area contributed by atoms with Crippen molar-refractivity contribution < 1.29 is 4.74 Å². The van der Waals surface area contributed by atoms with E-state index in [4.69, 9.17) is 4.74 Å². The fourth-order valence-corrected chi connectivity index (χ4v) is 1.73. The maximum absolute atomic E-state index is 5.21. The lowest BCUT2D eigenvalue weighted by Crippen LogP contribution is -2.30. The van der Waals surface area contributed by atoms with E-state index in [-0.39, 0.29) is 6.04 Å². The second-order valence-corrected chi connectivity index (χ2v) is 4.70. The van der Waals surface area contributed by atoms with Crippen molar-refractivity contribution in [3.8, 4) is 5.82 Å². The van der Waals surface area contributed by atoms with E-state index in [1.807, 2.05) is 12.1 Å². The monoisotopic (exact) mass is 261 g/mol. The van der Waals surface area contributed by atoms with Crippen molar-refractivity contribution in [1.29, 1.82) is 0 Å². The summed E-state index contributed by atoms with van der Waals surface area (Å²) < 4.78 is 6.84. The van der Waals surface area contributed by atoms with Crippen LogP contribution in [0.3, 0.4) is 0 Å². The number of rotatable bonds is 6. The Morgan fingerprint density at radius 1 is 1.37 bits per heavy atom. The first-order valence-electron chi connectivity index (χ1n) is 6.27. The van der Waals surface area contributed by atoms with Gasteiger partial charge in [0.15, 0.2) is 5.82 Å². The Bertz CT molecular complexity index is 480. The summed E-state index contributed by atoms with van der Waals surface area (Å²) in [6.45, 7) is 4.99. The molecule has 0 saturated heterocycles. The predicted octanol–water partition coefficient (Wildman–Crippen LogP) is 1.75. The van der Waals surface area contributed by atoms with Crippen LogP contribution in [-0.4, -0.2) is 39.5 Å². The Balaban J connectivity index is 2.06. The molecule has 19 heavy (non-hydrogen) atoms. The zero-order chi connectivity index (χ0) is 13.7. The topological polar surface area (TPSA) is 64.9 Å². The number of anilines is 1. The molecule has 6 heteroatoms. The maximum Gasteiger partial charge on any atom is 0.155 e. The van der Waals surface area contributed by atoms with Gasteiger partial charge in [0.25, 0.3) is 0 Å². The minimum Gasteiger partial charge on any atom is -0.383 e. The van der Waals surface area contributed by atoms with Gasteiger partial charge in [0.2, 0.25) is 0 Å². The molecule has 6 nitrogen and oxygen atoms in total. The molecule has 0 saturated carbocycles. The lowest BCUT2D eigenvalue weighted by atomic mass is 10.1. The van der Waals surface area contributed by atoms with Crippen molar-refractivity contribution in [3.05, 3.63) is 31.0 Å². The van der Waals surface area contributed by atoms with Gasteiger partial charge in [-0.15, -0.1) is 0 Å². The molecule has 0 aromatic carbocycles. The molecular weight excluding hydrogens is 242 g/mol. The molecule has 0 bridgehead atoms. The number of hydrogen-bond acceptors (Lipinski definition) is 5. The Hall–Kier alpha value is -1.95. The average molecular weight is 261 g/mol. The summed E-state index contributed by atoms with van der Waals surface area (Å²) >= 11 is 0. The van der Waals surface area contributed by atoms with Crippen molar-refractivity contribution >= 4 is 5.69 Å². The number of nitrogens with one attached hydrogen (secondary N) is 1. The minimum atomic E-state index is 0.268. The van der Waals surface area contributed by atoms with Crippen LogP contribution in [0, 0.1) is 5.92 Å². The van der Waals surface area contributed by atoms with Crippen molar-refractivity contribution in [3.63, 3.8) is 0 Å². The zero-order valence-electron chi connectivity index (χ0n) is 11.4. The molecule has 0 radical (unpaired) electrons. The molecule has 2 aromatic heterocycles. The third-order valence-corrected chi connectivity index (χ3v) is 2.90. The van der Waals surface area contributed by atoms with Gasteiger partial charge in [0.1, 0.15) is 12.7 Å². The Kier molecular flexibility index (Phi) is 4.46. The van der Waals surface area contributed by atoms with Crippen LogP contribution in [-0.2, 0) is 4.74 Å². The third kappa shape index (κ3) is 3.51. The molecule has 0 spiro atoms. The van der Waals surface area contributed by atoms with Crippen LogP contribution < -0.4 is 5.32 Å². The SMILES string of the molecule is COCC(Nc1ccc(-n2cncn2)nc1)C(C)C. The molecule has 102 valence electrons. The fourth-order valence-electron chi connectivity index (χ4n) is 1.73. The molecule has 0 aliphatic carbocycles. The van der Waals surface area contributed by atoms with Crippen molar-refractivity contribution in [1.82, 2.24) is 19.7 Å². The second-order valence-electron chi connectivity index (χ2n) is 4.70. The quantitative estimate of drug-likeness (QED) is 0.858. The summed E-state index contributed by atoms with van der Waals surface area (Å²) in [7, 11) is 1.71. The fraction of sp³-hybridized carbons (Fsp3) is 0.462. The van der Waals surface area contributed by atoms with Gasteiger partial charge in [0.05, 0.1) is 24.5 Å². The van der Waals surface area contributed by atoms with E-state index >= 15 is 0 Å². The van der Waals surface area contributed by atoms with E-state index in [1.165, 1.54) is 6.33 Å². The van der Waals surface area contributed by atoms with Gasteiger partial charge in [-0.05, 0) is 18.1 Å². The molecule has 0 amide bonds. The van der Waals surface area contributed by atoms with Gasteiger partial charge in [-0.2, -0.15) is 5.10 Å². The first kappa shape index (κ1) is 13.5. The zero-order valence-corrected chi connectivity index (χ0v) is 11.4. The second kappa shape index (κ2) is 6.29. The highest BCUT2D eigenvalue weighted by Gasteiger charge is 2.12. The first-order valence-corrected chi connectivity index (χ1v) is 6.27. The van der Waals surface area contributed by atoms with Crippen molar-refractivity contribution in [2.75, 3.05) is 19.0 Å². The van der Waals surface area contributed by atoms with E-state index < -0.39 is 0 Å². The number of ether oxygens (including phenoxy) is 1. The summed E-state index contributed by atoms with van der Waals surface area (Å²) in [6.07, 6.45) is 4.90. The Morgan fingerprint density at radius 3 is 2.74 bits per heavy atom. The summed E-state index contributed by atoms with van der Waals surface area (Å²) in [5.41, 5.74) is 0.972. The molecule has 2 rings (SSSR count). The van der Waals surface area contributed by atoms with Gasteiger partial charge in [-0.1, -0.05) is 13.8 Å². The van der Waals surface area contributed by atoms with Gasteiger partial charge < -0.3 is 10.1 Å². The molecule has 0 aliphatic rings. The van der Waals surface area contributed by atoms with E-state index in [9.17, 15) is 0 Å². The van der Waals surface area contributed by atoms with Gasteiger partial charge in [-0.25, -0.2) is 14.6 Å². The number of pyridine rings is 1. The molecule has 1 unspecified atom stereocenters. The van der Waals surface area contributed by atoms with Crippen LogP contribution in [0.4, 0.5) is 5.69 Å². The van der Waals surface area contributed by atoms with E-state index in [0.717, 1.165) is 11.5 Å². The summed E-state index contributed by atoms with van der Waals surface area (Å²) in [5.74, 6) is 1.23. The molecule has 1 N–H and O–H groups in total. The van der Waals surface area contributed by atoms with E-state index in [2.05, 4.69) is 34.2 Å². The van der Waals surface area contributed by atoms with Crippen LogP contribution in [0.15, 0.2) is 31.0 Å². The highest BCUT2D eigenvalue weighted by Crippen LogP contribution is 2.13. The van der Waals surface area contributed by atoms with Crippen LogP contribution in [0.2, 0.25) is 0 Å². The maximum atomic E-state index is 5.21. The summed E-state index contributed by atoms with van der Waals surface area (Å²) in [6, 6.07) is 4.15. The van der Waals surface area contributed by atoms with Gasteiger partial charge in [0, 0.05) is 7.11 Å². The van der Waals surface area contributed by atoms with Gasteiger partial charge >= 0.3 is 0 Å². The normalized spacial score (nSPS) is 12.6. The van der Waals surface area contributed by atoms with Crippen molar-refractivity contribution in [2.45, 2.75) is 19.9 Å². The predicted molar refractivity (Wildman–Crippen MR) is 73.3 cm³/mol. The largest absolute Gasteiger partial charge is 0.383 e. The minimum absolute atomic E-state index is 0.268. The lowest BCUT2D eigenvalue weighted by molar-refractivity contribution is 0.171. The Morgan fingerprint density at radius 2 is 2.21 bits per heavy atom. The van der Waals surface area contributed by atoms with Crippen LogP contribution in [0.1, 0.15) is 13.8 Å². The average Bonchev–Trinajstić information content (AvgIpc) is 2.93. The molecule has 0 aliphatic heterocycles. The van der Waals surface area contributed by atoms with Crippen LogP contribution >= 0.6 is 0 Å². The number of aromatic nitrogens is 4. The number of methoxy groups -OCH3 is 1. The number of hydrogen-bond donors (Lipinski definition) is 1. The van der Waals surface area contributed by atoms with E-state index in [0.29, 0.717) is 12.5 Å². The number of nitrogens with zero attached hydrogens (tertiary/aromatic N) is 4. The van der Waals surface area contributed by atoms with Crippen LogP contribution in [0.5, 0.6) is 0 Å². The first-order chi connectivity index (χ1) is 9.20. The van der Waals surface area contributed by atoms with Gasteiger partial charge in [-0.3, -0.25) is 0 Å². The van der Waals surface area contributed by atoms with Crippen LogP contribution in [0.25, 0.3) is 5.82 Å². The van der Waals surface area contributed by atoms with Crippen molar-refractivity contribution in [2.24, 2.45) is 5.92 Å². The van der Waals surface area contributed by atoms with E-state index in [1.54, 1.807) is 24.3 Å². The molecule has 2 aromatic rings. The Labute approximate surface area is 112 Å². The summed E-state index contributed by atoms with van der Waals surface area (Å²) in [4.78, 5) is 8.25. The molecule has 0 fully saturated rings.